The summed E-state index contributed by atoms with van der Waals surface area (Å²) in [6, 6.07) is 2.27. The number of benzene rings is 1. The van der Waals surface area contributed by atoms with Crippen LogP contribution in [0.25, 0.3) is 0 Å². The van der Waals surface area contributed by atoms with Crippen molar-refractivity contribution < 1.29 is 14.8 Å². The van der Waals surface area contributed by atoms with Gasteiger partial charge in [-0.1, -0.05) is 18.5 Å². The van der Waals surface area contributed by atoms with Gasteiger partial charge in [0.15, 0.2) is 0 Å². The number of nitro benzene ring substituents is 1. The van der Waals surface area contributed by atoms with Crippen molar-refractivity contribution in [3.63, 3.8) is 0 Å². The lowest BCUT2D eigenvalue weighted by Crippen LogP contribution is -2.37. The fraction of sp³-hybridized carbons (Fsp3) is 0.417. The molecular formula is C12H13ClN2O4S. The van der Waals surface area contributed by atoms with Gasteiger partial charge in [-0.2, -0.15) is 11.8 Å². The quantitative estimate of drug-likeness (QED) is 0.682. The van der Waals surface area contributed by atoms with Crippen LogP contribution in [0.15, 0.2) is 12.1 Å². The molecule has 1 aromatic rings. The molecule has 8 heteroatoms. The summed E-state index contributed by atoms with van der Waals surface area (Å²) in [7, 11) is 0. The van der Waals surface area contributed by atoms with Crippen molar-refractivity contribution in [1.82, 2.24) is 0 Å². The van der Waals surface area contributed by atoms with Gasteiger partial charge in [-0.25, -0.2) is 4.79 Å². The summed E-state index contributed by atoms with van der Waals surface area (Å²) < 4.78 is 0. The van der Waals surface area contributed by atoms with Gasteiger partial charge in [0.05, 0.1) is 21.2 Å². The molecule has 0 amide bonds. The van der Waals surface area contributed by atoms with Gasteiger partial charge in [-0.3, -0.25) is 10.1 Å². The average Bonchev–Trinajstić information content (AvgIpc) is 2.37. The minimum atomic E-state index is -1.21. The van der Waals surface area contributed by atoms with Crippen LogP contribution in [-0.2, 0) is 0 Å². The molecule has 0 aromatic heterocycles. The second-order valence-electron chi connectivity index (χ2n) is 4.51. The molecular weight excluding hydrogens is 304 g/mol. The lowest BCUT2D eigenvalue weighted by molar-refractivity contribution is -0.384. The fourth-order valence-electron chi connectivity index (χ4n) is 2.20. The van der Waals surface area contributed by atoms with Crippen LogP contribution in [0.5, 0.6) is 0 Å². The van der Waals surface area contributed by atoms with Crippen LogP contribution >= 0.6 is 23.4 Å². The van der Waals surface area contributed by atoms with Crippen LogP contribution in [-0.4, -0.2) is 40.1 Å². The molecule has 1 fully saturated rings. The maximum Gasteiger partial charge on any atom is 0.338 e. The van der Waals surface area contributed by atoms with E-state index >= 15 is 0 Å². The van der Waals surface area contributed by atoms with Crippen molar-refractivity contribution in [3.8, 4) is 0 Å². The number of anilines is 1. The molecule has 20 heavy (non-hydrogen) atoms. The first-order valence-electron chi connectivity index (χ1n) is 5.98. The molecule has 1 N–H and O–H groups in total. The highest BCUT2D eigenvalue weighted by Crippen LogP contribution is 2.36. The van der Waals surface area contributed by atoms with Crippen LogP contribution in [0.4, 0.5) is 11.4 Å². The number of nitrogens with zero attached hydrogens (tertiary/aromatic N) is 2. The molecule has 2 rings (SSSR count). The molecule has 0 bridgehead atoms. The third kappa shape index (κ3) is 2.99. The highest BCUT2D eigenvalue weighted by Gasteiger charge is 2.26. The Morgan fingerprint density at radius 1 is 1.60 bits per heavy atom. The van der Waals surface area contributed by atoms with Crippen LogP contribution in [0, 0.1) is 10.1 Å². The maximum absolute atomic E-state index is 11.4. The van der Waals surface area contributed by atoms with Crippen LogP contribution in [0.1, 0.15) is 17.3 Å². The van der Waals surface area contributed by atoms with Gasteiger partial charge in [-0.15, -0.1) is 0 Å². The minimum Gasteiger partial charge on any atom is -0.478 e. The van der Waals surface area contributed by atoms with Crippen molar-refractivity contribution in [2.45, 2.75) is 12.2 Å². The van der Waals surface area contributed by atoms with Gasteiger partial charge in [0, 0.05) is 36.2 Å². The first kappa shape index (κ1) is 14.9. The molecule has 0 saturated carbocycles. The number of thioether (sulfide) groups is 1. The topological polar surface area (TPSA) is 83.7 Å². The summed E-state index contributed by atoms with van der Waals surface area (Å²) >= 11 is 7.89. The lowest BCUT2D eigenvalue weighted by Gasteiger charge is -2.33. The van der Waals surface area contributed by atoms with Gasteiger partial charge < -0.3 is 10.0 Å². The van der Waals surface area contributed by atoms with Crippen molar-refractivity contribution in [2.24, 2.45) is 0 Å². The maximum atomic E-state index is 11.4. The number of halogens is 1. The van der Waals surface area contributed by atoms with Gasteiger partial charge in [0.25, 0.3) is 5.69 Å². The molecule has 1 unspecified atom stereocenters. The number of aromatic carboxylic acids is 1. The Morgan fingerprint density at radius 3 is 2.85 bits per heavy atom. The predicted octanol–water partition coefficient (Wildman–Crippen LogP) is 2.89. The second-order valence-corrected chi connectivity index (χ2v) is 6.47. The highest BCUT2D eigenvalue weighted by molar-refractivity contribution is 8.00. The number of rotatable bonds is 3. The number of carbonyl (C=O) groups is 1. The minimum absolute atomic E-state index is 0.107. The molecule has 108 valence electrons. The number of hydrogen-bond donors (Lipinski definition) is 1. The van der Waals surface area contributed by atoms with E-state index in [1.165, 1.54) is 6.07 Å². The molecule has 0 spiro atoms. The Bertz CT molecular complexity index is 567. The van der Waals surface area contributed by atoms with Gasteiger partial charge in [-0.05, 0) is 0 Å². The van der Waals surface area contributed by atoms with Crippen molar-refractivity contribution in [3.05, 3.63) is 32.8 Å². The summed E-state index contributed by atoms with van der Waals surface area (Å²) in [5.41, 5.74) is -0.0594. The zero-order valence-electron chi connectivity index (χ0n) is 10.7. The third-order valence-corrected chi connectivity index (χ3v) is 4.47. The van der Waals surface area contributed by atoms with Crippen LogP contribution in [0.3, 0.4) is 0 Å². The fourth-order valence-corrected chi connectivity index (χ4v) is 3.54. The van der Waals surface area contributed by atoms with E-state index in [9.17, 15) is 20.0 Å². The number of carboxylic acids is 1. The van der Waals surface area contributed by atoms with E-state index in [1.54, 1.807) is 11.8 Å². The van der Waals surface area contributed by atoms with Gasteiger partial charge >= 0.3 is 5.97 Å². The average molecular weight is 317 g/mol. The van der Waals surface area contributed by atoms with Gasteiger partial charge in [0.1, 0.15) is 0 Å². The van der Waals surface area contributed by atoms with E-state index in [0.29, 0.717) is 24.0 Å². The van der Waals surface area contributed by atoms with E-state index < -0.39 is 10.9 Å². The second kappa shape index (κ2) is 5.88. The summed E-state index contributed by atoms with van der Waals surface area (Å²) in [6.07, 6.45) is 0. The van der Waals surface area contributed by atoms with Crippen molar-refractivity contribution in [1.29, 1.82) is 0 Å². The standard InChI is InChI=1S/C12H13ClN2O4S/c1-7-6-14(2-3-20-7)11-9(12(16)17)4-8(15(18)19)5-10(11)13/h4-5,7H,2-3,6H2,1H3,(H,16,17). The molecule has 6 nitrogen and oxygen atoms in total. The first-order valence-corrected chi connectivity index (χ1v) is 7.40. The Hall–Kier alpha value is -1.47. The van der Waals surface area contributed by atoms with E-state index in [1.807, 2.05) is 4.90 Å². The first-order chi connectivity index (χ1) is 9.40. The third-order valence-electron chi connectivity index (χ3n) is 3.05. The molecule has 1 heterocycles. The summed E-state index contributed by atoms with van der Waals surface area (Å²) in [6.45, 7) is 3.39. The van der Waals surface area contributed by atoms with Gasteiger partial charge in [0.2, 0.25) is 0 Å². The van der Waals surface area contributed by atoms with Crippen LogP contribution < -0.4 is 4.90 Å². The molecule has 0 aliphatic carbocycles. The molecule has 1 aromatic carbocycles. The normalized spacial score (nSPS) is 18.9. The Labute approximate surface area is 124 Å². The van der Waals surface area contributed by atoms with E-state index in [-0.39, 0.29) is 16.3 Å². The molecule has 1 atom stereocenters. The van der Waals surface area contributed by atoms with E-state index in [4.69, 9.17) is 11.6 Å². The largest absolute Gasteiger partial charge is 0.478 e. The zero-order valence-corrected chi connectivity index (χ0v) is 12.3. The zero-order chi connectivity index (χ0) is 14.9. The number of nitro groups is 1. The Balaban J connectivity index is 2.50. The summed E-state index contributed by atoms with van der Waals surface area (Å²) in [5.74, 6) is -0.343. The SMILES string of the molecule is CC1CN(c2c(Cl)cc([N+](=O)[O-])cc2C(=O)O)CCS1. The number of hydrogen-bond acceptors (Lipinski definition) is 5. The summed E-state index contributed by atoms with van der Waals surface area (Å²) in [4.78, 5) is 23.4. The number of non-ortho nitro benzene ring substituents is 1. The molecule has 1 aliphatic heterocycles. The molecule has 1 aliphatic rings. The van der Waals surface area contributed by atoms with Crippen LogP contribution in [0.2, 0.25) is 5.02 Å². The number of carboxylic acid groups (broad SMARTS) is 1. The monoisotopic (exact) mass is 316 g/mol. The Morgan fingerprint density at radius 2 is 2.30 bits per heavy atom. The van der Waals surface area contributed by atoms with E-state index in [2.05, 4.69) is 6.92 Å². The van der Waals surface area contributed by atoms with E-state index in [0.717, 1.165) is 11.8 Å². The van der Waals surface area contributed by atoms with Crippen molar-refractivity contribution in [2.75, 3.05) is 23.7 Å². The Kier molecular flexibility index (Phi) is 4.39. The van der Waals surface area contributed by atoms with Crippen molar-refractivity contribution >= 4 is 40.7 Å². The summed E-state index contributed by atoms with van der Waals surface area (Å²) in [5, 5.41) is 20.5. The highest BCUT2D eigenvalue weighted by atomic mass is 35.5. The molecule has 1 saturated heterocycles. The lowest BCUT2D eigenvalue weighted by atomic mass is 10.1. The smallest absolute Gasteiger partial charge is 0.338 e. The predicted molar refractivity (Wildman–Crippen MR) is 79.2 cm³/mol. The molecule has 0 radical (unpaired) electrons.